The summed E-state index contributed by atoms with van der Waals surface area (Å²) in [6, 6.07) is 10.9. The van der Waals surface area contributed by atoms with Crippen molar-refractivity contribution in [1.82, 2.24) is 9.38 Å². The van der Waals surface area contributed by atoms with Crippen LogP contribution in [0.15, 0.2) is 54.9 Å². The number of pyridine rings is 1. The van der Waals surface area contributed by atoms with Gasteiger partial charge in [-0.3, -0.25) is 9.20 Å². The van der Waals surface area contributed by atoms with Gasteiger partial charge in [0, 0.05) is 22.8 Å². The number of hydrogen-bond acceptors (Lipinski definition) is 4. The minimum Gasteiger partial charge on any atom is -0.484 e. The summed E-state index contributed by atoms with van der Waals surface area (Å²) < 4.78 is 46.7. The number of benzene rings is 1. The number of aromatic nitrogens is 2. The number of alkyl halides is 3. The van der Waals surface area contributed by atoms with Crippen molar-refractivity contribution in [2.75, 3.05) is 0 Å². The number of primary amides is 1. The second-order valence-electron chi connectivity index (χ2n) is 6.74. The molecule has 0 fully saturated rings. The Labute approximate surface area is 183 Å². The predicted molar refractivity (Wildman–Crippen MR) is 113 cm³/mol. The number of nitrogens with zero attached hydrogens (tertiary/aromatic N) is 2. The van der Waals surface area contributed by atoms with Crippen LogP contribution in [0.25, 0.3) is 16.2 Å². The van der Waals surface area contributed by atoms with E-state index < -0.39 is 23.8 Å². The Kier molecular flexibility index (Phi) is 5.40. The Morgan fingerprint density at radius 1 is 1.26 bits per heavy atom. The zero-order valence-corrected chi connectivity index (χ0v) is 17.6. The first kappa shape index (κ1) is 21.2. The van der Waals surface area contributed by atoms with Crippen LogP contribution in [0.2, 0.25) is 5.02 Å². The van der Waals surface area contributed by atoms with Crippen LogP contribution in [0.1, 0.15) is 33.8 Å². The molecule has 4 rings (SSSR count). The van der Waals surface area contributed by atoms with Gasteiger partial charge in [0.15, 0.2) is 0 Å². The van der Waals surface area contributed by atoms with Crippen LogP contribution < -0.4 is 10.5 Å². The molecule has 0 radical (unpaired) electrons. The Bertz CT molecular complexity index is 1280. The Hall–Kier alpha value is -3.04. The number of imidazole rings is 1. The number of ether oxygens (including phenoxy) is 1. The van der Waals surface area contributed by atoms with Crippen LogP contribution in [0.3, 0.4) is 0 Å². The van der Waals surface area contributed by atoms with Gasteiger partial charge in [0.1, 0.15) is 22.4 Å². The van der Waals surface area contributed by atoms with E-state index >= 15 is 0 Å². The fraction of sp³-hybridized carbons (Fsp3) is 0.143. The van der Waals surface area contributed by atoms with Crippen LogP contribution in [0.5, 0.6) is 5.75 Å². The topological polar surface area (TPSA) is 69.6 Å². The van der Waals surface area contributed by atoms with Crippen LogP contribution >= 0.6 is 22.9 Å². The molecule has 3 aromatic heterocycles. The number of rotatable bonds is 5. The van der Waals surface area contributed by atoms with Crippen molar-refractivity contribution in [1.29, 1.82) is 0 Å². The average molecular weight is 466 g/mol. The molecule has 5 nitrogen and oxygen atoms in total. The Morgan fingerprint density at radius 3 is 2.68 bits per heavy atom. The first-order valence-electron chi connectivity index (χ1n) is 9.04. The van der Waals surface area contributed by atoms with Gasteiger partial charge in [-0.15, -0.1) is 11.3 Å². The van der Waals surface area contributed by atoms with Gasteiger partial charge in [-0.2, -0.15) is 13.2 Å². The van der Waals surface area contributed by atoms with Crippen molar-refractivity contribution in [2.24, 2.45) is 5.73 Å². The lowest BCUT2D eigenvalue weighted by Crippen LogP contribution is -2.12. The maximum Gasteiger partial charge on any atom is 0.417 e. The Morgan fingerprint density at radius 2 is 2.00 bits per heavy atom. The van der Waals surface area contributed by atoms with E-state index in [9.17, 15) is 18.0 Å². The van der Waals surface area contributed by atoms with Crippen molar-refractivity contribution in [3.8, 4) is 16.3 Å². The van der Waals surface area contributed by atoms with Crippen LogP contribution in [0, 0.1) is 0 Å². The zero-order chi connectivity index (χ0) is 22.3. The van der Waals surface area contributed by atoms with Crippen LogP contribution in [0.4, 0.5) is 13.2 Å². The van der Waals surface area contributed by atoms with Crippen molar-refractivity contribution < 1.29 is 22.7 Å². The summed E-state index contributed by atoms with van der Waals surface area (Å²) in [5.41, 5.74) is 6.14. The average Bonchev–Trinajstić information content (AvgIpc) is 3.31. The van der Waals surface area contributed by atoms with Gasteiger partial charge in [0.2, 0.25) is 0 Å². The molecule has 31 heavy (non-hydrogen) atoms. The maximum atomic E-state index is 13.1. The molecule has 1 amide bonds. The number of thiophene rings is 1. The van der Waals surface area contributed by atoms with Crippen molar-refractivity contribution in [3.05, 3.63) is 75.9 Å². The third-order valence-corrected chi connectivity index (χ3v) is 6.15. The summed E-state index contributed by atoms with van der Waals surface area (Å²) in [5, 5.41) is 0.507. The molecule has 0 aliphatic rings. The van der Waals surface area contributed by atoms with E-state index in [4.69, 9.17) is 22.1 Å². The van der Waals surface area contributed by atoms with Gasteiger partial charge in [0.05, 0.1) is 22.3 Å². The second kappa shape index (κ2) is 7.90. The predicted octanol–water partition coefficient (Wildman–Crippen LogP) is 5.97. The summed E-state index contributed by atoms with van der Waals surface area (Å²) in [6.45, 7) is 1.77. The smallest absolute Gasteiger partial charge is 0.417 e. The number of hydrogen-bond donors (Lipinski definition) is 1. The van der Waals surface area contributed by atoms with Gasteiger partial charge in [-0.25, -0.2) is 4.98 Å². The van der Waals surface area contributed by atoms with Gasteiger partial charge in [-0.1, -0.05) is 29.8 Å². The van der Waals surface area contributed by atoms with E-state index in [1.165, 1.54) is 16.7 Å². The third-order valence-electron chi connectivity index (χ3n) is 4.65. The number of fused-ring (bicyclic) bond motifs is 1. The molecule has 10 heteroatoms. The maximum absolute atomic E-state index is 13.1. The van der Waals surface area contributed by atoms with Crippen molar-refractivity contribution in [3.63, 3.8) is 0 Å². The standard InChI is InChI=1S/C21H15ClF3N3O2S/c1-11(13-4-2-3-5-14(13)22)30-16-8-17(31-19(16)20(26)29)15-9-27-18-7-6-12(10-28(15)18)21(23,24)25/h2-11H,1H3,(H2,26,29). The highest BCUT2D eigenvalue weighted by molar-refractivity contribution is 7.17. The molecule has 3 heterocycles. The van der Waals surface area contributed by atoms with E-state index in [2.05, 4.69) is 4.98 Å². The lowest BCUT2D eigenvalue weighted by Gasteiger charge is -2.16. The molecular formula is C21H15ClF3N3O2S. The quantitative estimate of drug-likeness (QED) is 0.394. The minimum atomic E-state index is -4.50. The van der Waals surface area contributed by atoms with Gasteiger partial charge < -0.3 is 10.5 Å². The molecule has 1 atom stereocenters. The normalized spacial score (nSPS) is 12.8. The van der Waals surface area contributed by atoms with Crippen LogP contribution in [-0.4, -0.2) is 15.3 Å². The number of carbonyl (C=O) groups is 1. The minimum absolute atomic E-state index is 0.149. The fourth-order valence-electron chi connectivity index (χ4n) is 3.15. The second-order valence-corrected chi connectivity index (χ2v) is 8.20. The first-order chi connectivity index (χ1) is 14.6. The summed E-state index contributed by atoms with van der Waals surface area (Å²) in [6.07, 6.45) is -2.59. The van der Waals surface area contributed by atoms with Crippen molar-refractivity contribution in [2.45, 2.75) is 19.2 Å². The molecule has 0 spiro atoms. The summed E-state index contributed by atoms with van der Waals surface area (Å²) >= 11 is 7.24. The fourth-order valence-corrected chi connectivity index (χ4v) is 4.39. The highest BCUT2D eigenvalue weighted by Crippen LogP contribution is 2.39. The van der Waals surface area contributed by atoms with E-state index in [1.54, 1.807) is 31.2 Å². The zero-order valence-electron chi connectivity index (χ0n) is 16.0. The molecule has 0 aliphatic heterocycles. The van der Waals surface area contributed by atoms with E-state index in [0.29, 0.717) is 21.2 Å². The van der Waals surface area contributed by atoms with E-state index in [-0.39, 0.29) is 10.6 Å². The van der Waals surface area contributed by atoms with Gasteiger partial charge in [-0.05, 0) is 25.1 Å². The first-order valence-corrected chi connectivity index (χ1v) is 10.2. The molecule has 160 valence electrons. The van der Waals surface area contributed by atoms with Crippen molar-refractivity contribution >= 4 is 34.5 Å². The van der Waals surface area contributed by atoms with Crippen LogP contribution in [-0.2, 0) is 6.18 Å². The number of amides is 1. The van der Waals surface area contributed by atoms with E-state index in [1.807, 2.05) is 6.07 Å². The largest absolute Gasteiger partial charge is 0.484 e. The number of nitrogens with two attached hydrogens (primary N) is 1. The molecular weight excluding hydrogens is 451 g/mol. The summed E-state index contributed by atoms with van der Waals surface area (Å²) in [4.78, 5) is 16.8. The molecule has 1 unspecified atom stereocenters. The van der Waals surface area contributed by atoms with Gasteiger partial charge >= 0.3 is 6.18 Å². The molecule has 2 N–H and O–H groups in total. The Balaban J connectivity index is 1.76. The molecule has 0 aliphatic carbocycles. The summed E-state index contributed by atoms with van der Waals surface area (Å²) in [5.74, 6) is -0.482. The molecule has 1 aromatic carbocycles. The monoisotopic (exact) mass is 465 g/mol. The lowest BCUT2D eigenvalue weighted by atomic mass is 10.1. The summed E-state index contributed by atoms with van der Waals surface area (Å²) in [7, 11) is 0. The SMILES string of the molecule is CC(Oc1cc(-c2cnc3ccc(C(F)(F)F)cn23)sc1C(N)=O)c1ccccc1Cl. The number of carbonyl (C=O) groups excluding carboxylic acids is 1. The molecule has 4 aromatic rings. The molecule has 0 saturated carbocycles. The van der Waals surface area contributed by atoms with E-state index in [0.717, 1.165) is 29.2 Å². The highest BCUT2D eigenvalue weighted by atomic mass is 35.5. The molecule has 0 saturated heterocycles. The lowest BCUT2D eigenvalue weighted by molar-refractivity contribution is -0.137. The highest BCUT2D eigenvalue weighted by Gasteiger charge is 2.31. The van der Waals surface area contributed by atoms with Gasteiger partial charge in [0.25, 0.3) is 5.91 Å². The number of halogens is 4. The third kappa shape index (κ3) is 4.11. The molecule has 0 bridgehead atoms.